The fourth-order valence-electron chi connectivity index (χ4n) is 2.60. The first-order chi connectivity index (χ1) is 13.7. The average molecular weight is 422 g/mol. The molecule has 7 nitrogen and oxygen atoms in total. The van der Waals surface area contributed by atoms with Crippen molar-refractivity contribution >= 4 is 34.8 Å². The number of anilines is 2. The highest BCUT2D eigenvalue weighted by molar-refractivity contribution is 5.93. The Balaban J connectivity index is 0.00000300. The number of aromatic nitrogens is 2. The van der Waals surface area contributed by atoms with Crippen LogP contribution in [0.1, 0.15) is 5.56 Å². The van der Waals surface area contributed by atoms with Crippen LogP contribution in [0.25, 0.3) is 10.9 Å². The maximum absolute atomic E-state index is 9.11. The summed E-state index contributed by atoms with van der Waals surface area (Å²) >= 11 is 0. The number of hydrogen-bond acceptors (Lipinski definition) is 7. The summed E-state index contributed by atoms with van der Waals surface area (Å²) in [7, 11) is 1.60. The number of benzene rings is 2. The first-order valence-corrected chi connectivity index (χ1v) is 8.73. The quantitative estimate of drug-likeness (QED) is 0.405. The summed E-state index contributed by atoms with van der Waals surface area (Å²) in [6.07, 6.45) is 6.95. The molecule has 1 heterocycles. The van der Waals surface area contributed by atoms with Crippen molar-refractivity contribution in [1.29, 1.82) is 0 Å². The summed E-state index contributed by atoms with van der Waals surface area (Å²) in [6, 6.07) is 11.1. The number of methoxy groups -OCH3 is 1. The lowest BCUT2D eigenvalue weighted by molar-refractivity contribution is 0.141. The third-order valence-corrected chi connectivity index (χ3v) is 3.89. The highest BCUT2D eigenvalue weighted by atomic mass is 35.5. The Labute approximate surface area is 175 Å². The first-order valence-electron chi connectivity index (χ1n) is 8.73. The Morgan fingerprint density at radius 1 is 1.07 bits per heavy atom. The van der Waals surface area contributed by atoms with Crippen molar-refractivity contribution in [2.24, 2.45) is 0 Å². The molecule has 3 aromatic rings. The van der Waals surface area contributed by atoms with Gasteiger partial charge in [-0.05, 0) is 24.3 Å². The Morgan fingerprint density at radius 3 is 2.62 bits per heavy atom. The Bertz CT molecular complexity index is 991. The van der Waals surface area contributed by atoms with E-state index in [0.717, 1.165) is 16.6 Å². The van der Waals surface area contributed by atoms with Crippen LogP contribution in [-0.4, -0.2) is 48.6 Å². The molecule has 29 heavy (non-hydrogen) atoms. The van der Waals surface area contributed by atoms with Crippen LogP contribution in [0.5, 0.6) is 11.5 Å². The van der Waals surface area contributed by atoms with E-state index < -0.39 is 0 Å². The SMILES string of the molecule is C#C[13c]1[13cH][13cH][13cH][13c](Nc2ncnc3cc(OCCOC)c(OCCO)cc23)[13cH]1.Cl. The molecule has 8 heteroatoms. The topological polar surface area (TPSA) is 85.7 Å². The Hall–Kier alpha value is -3.05. The summed E-state index contributed by atoms with van der Waals surface area (Å²) in [5, 5.41) is 13.1. The Morgan fingerprint density at radius 2 is 1.86 bits per heavy atom. The molecule has 0 aliphatic carbocycles. The smallest absolute Gasteiger partial charge is 0.163 e. The number of rotatable bonds is 9. The van der Waals surface area contributed by atoms with Gasteiger partial charge in [0.15, 0.2) is 11.5 Å². The number of fused-ring (bicyclic) bond motifs is 1. The number of terminal acetylenes is 1. The summed E-state index contributed by atoms with van der Waals surface area (Å²) < 4.78 is 16.4. The minimum absolute atomic E-state index is 0. The molecule has 152 valence electrons. The maximum atomic E-state index is 9.11. The van der Waals surface area contributed by atoms with Gasteiger partial charge in [-0.25, -0.2) is 9.97 Å². The number of aliphatic hydroxyl groups is 1. The number of aliphatic hydroxyl groups excluding tert-OH is 1. The monoisotopic (exact) mass is 421 g/mol. The number of nitrogens with one attached hydrogen (secondary N) is 1. The predicted molar refractivity (Wildman–Crippen MR) is 114 cm³/mol. The van der Waals surface area contributed by atoms with E-state index in [1.807, 2.05) is 24.3 Å². The molecule has 2 N–H and O–H groups in total. The third-order valence-electron chi connectivity index (χ3n) is 3.89. The zero-order valence-electron chi connectivity index (χ0n) is 15.9. The molecule has 3 rings (SSSR count). The zero-order chi connectivity index (χ0) is 19.8. The molecular formula is C21H22ClN3O4. The van der Waals surface area contributed by atoms with Crippen molar-refractivity contribution in [3.05, 3.63) is 48.3 Å². The zero-order valence-corrected chi connectivity index (χ0v) is 16.7. The van der Waals surface area contributed by atoms with Gasteiger partial charge in [0.1, 0.15) is 25.4 Å². The van der Waals surface area contributed by atoms with Gasteiger partial charge in [0.2, 0.25) is 0 Å². The van der Waals surface area contributed by atoms with Crippen LogP contribution < -0.4 is 14.8 Å². The van der Waals surface area contributed by atoms with E-state index in [-0.39, 0.29) is 25.6 Å². The fourth-order valence-corrected chi connectivity index (χ4v) is 2.60. The van der Waals surface area contributed by atoms with Crippen molar-refractivity contribution in [1.82, 2.24) is 9.97 Å². The van der Waals surface area contributed by atoms with Gasteiger partial charge in [-0.15, -0.1) is 18.8 Å². The first kappa shape index (κ1) is 22.2. The van der Waals surface area contributed by atoms with Crippen molar-refractivity contribution < 1.29 is 19.3 Å². The molecular weight excluding hydrogens is 400 g/mol. The van der Waals surface area contributed by atoms with E-state index in [0.29, 0.717) is 36.0 Å². The van der Waals surface area contributed by atoms with Gasteiger partial charge in [0.05, 0.1) is 18.7 Å². The molecule has 0 radical (unpaired) electrons. The van der Waals surface area contributed by atoms with Gasteiger partial charge < -0.3 is 24.6 Å². The normalized spacial score (nSPS) is 10.1. The molecule has 0 amide bonds. The number of hydrogen-bond donors (Lipinski definition) is 2. The van der Waals surface area contributed by atoms with E-state index in [2.05, 4.69) is 21.2 Å². The molecule has 0 aliphatic rings. The molecule has 0 spiro atoms. The van der Waals surface area contributed by atoms with Crippen molar-refractivity contribution in [3.63, 3.8) is 0 Å². The second kappa shape index (κ2) is 11.1. The lowest BCUT2D eigenvalue weighted by Gasteiger charge is -2.15. The summed E-state index contributed by atoms with van der Waals surface area (Å²) in [6.45, 7) is 0.851. The standard InChI is InChI=1S/C21H21N3O4.ClH/c1-3-15-5-4-6-16(11-15)24-21-17-12-19(27-8-7-25)20(28-10-9-26-2)13-18(17)22-14-23-21;/h1,4-6,11-14,25H,7-10H2,2H3,(H,22,23,24);1H/i4+1,5+1,6+1,11+1,15+1,16+1;. The second-order valence-corrected chi connectivity index (χ2v) is 5.80. The molecule has 2 aromatic carbocycles. The minimum atomic E-state index is -0.106. The van der Waals surface area contributed by atoms with E-state index >= 15 is 0 Å². The van der Waals surface area contributed by atoms with Crippen LogP contribution in [0.4, 0.5) is 11.5 Å². The van der Waals surface area contributed by atoms with E-state index in [4.69, 9.17) is 25.7 Å². The van der Waals surface area contributed by atoms with Crippen LogP contribution in [0, 0.1) is 12.3 Å². The van der Waals surface area contributed by atoms with Crippen LogP contribution in [0.15, 0.2) is 42.7 Å². The van der Waals surface area contributed by atoms with E-state index in [9.17, 15) is 0 Å². The minimum Gasteiger partial charge on any atom is -0.487 e. The molecule has 1 aromatic heterocycles. The van der Waals surface area contributed by atoms with Gasteiger partial charge in [-0.3, -0.25) is 0 Å². The molecule has 0 saturated heterocycles. The lowest BCUT2D eigenvalue weighted by atomic mass is 10.2. The molecule has 0 atom stereocenters. The van der Waals surface area contributed by atoms with Gasteiger partial charge in [-0.1, -0.05) is 12.0 Å². The van der Waals surface area contributed by atoms with Crippen LogP contribution in [0.2, 0.25) is 0 Å². The van der Waals surface area contributed by atoms with E-state index in [1.54, 1.807) is 19.2 Å². The number of halogens is 1. The predicted octanol–water partition coefficient (Wildman–Crippen LogP) is 3.17. The molecule has 0 unspecified atom stereocenters. The highest BCUT2D eigenvalue weighted by Gasteiger charge is 2.13. The summed E-state index contributed by atoms with van der Waals surface area (Å²) in [5.74, 6) is 4.24. The summed E-state index contributed by atoms with van der Waals surface area (Å²) in [5.41, 5.74) is 2.27. The third kappa shape index (κ3) is 5.72. The number of ether oxygens (including phenoxy) is 3. The summed E-state index contributed by atoms with van der Waals surface area (Å²) in [4.78, 5) is 8.67. The Kier molecular flexibility index (Phi) is 8.49. The van der Waals surface area contributed by atoms with Gasteiger partial charge in [0.25, 0.3) is 0 Å². The van der Waals surface area contributed by atoms with Gasteiger partial charge >= 0.3 is 0 Å². The van der Waals surface area contributed by atoms with E-state index in [1.165, 1.54) is 6.33 Å². The number of nitrogens with zero attached hydrogens (tertiary/aromatic N) is 2. The maximum Gasteiger partial charge on any atom is 0.163 e. The van der Waals surface area contributed by atoms with Crippen LogP contribution in [-0.2, 0) is 4.74 Å². The lowest BCUT2D eigenvalue weighted by Crippen LogP contribution is -2.08. The van der Waals surface area contributed by atoms with Gasteiger partial charge in [-0.2, -0.15) is 0 Å². The fraction of sp³-hybridized carbons (Fsp3) is 0.238. The molecule has 0 bridgehead atoms. The van der Waals surface area contributed by atoms with Gasteiger partial charge in [0, 0.05) is 29.8 Å². The second-order valence-electron chi connectivity index (χ2n) is 5.80. The molecule has 0 aliphatic heterocycles. The average Bonchev–Trinajstić information content (AvgIpc) is 2.73. The molecule has 0 saturated carbocycles. The molecule has 0 fully saturated rings. The van der Waals surface area contributed by atoms with Crippen molar-refractivity contribution in [2.45, 2.75) is 0 Å². The van der Waals surface area contributed by atoms with Crippen LogP contribution in [0.3, 0.4) is 0 Å². The van der Waals surface area contributed by atoms with Crippen molar-refractivity contribution in [2.75, 3.05) is 38.9 Å². The van der Waals surface area contributed by atoms with Crippen LogP contribution >= 0.6 is 12.4 Å². The largest absolute Gasteiger partial charge is 0.487 e. The highest BCUT2D eigenvalue weighted by Crippen LogP contribution is 2.35. The van der Waals surface area contributed by atoms with Crippen molar-refractivity contribution in [3.8, 4) is 23.8 Å².